The number of nitrogens with zero attached hydrogens (tertiary/aromatic N) is 2. The number of anilines is 2. The van der Waals surface area contributed by atoms with Gasteiger partial charge in [-0.25, -0.2) is 4.79 Å². The standard InChI is InChI=1S/C22H24N4O2S2/c1-14-4-9-17-18(12-14)30-20(19(17)21(27)28-2)25-22(29)24-16-7-5-15(6-8-16)13-26-11-3-10-23-26/h3,5-8,10-11,14H,4,9,12-13H2,1-2H3,(H2,24,25,29). The van der Waals surface area contributed by atoms with Crippen LogP contribution in [0.2, 0.25) is 0 Å². The van der Waals surface area contributed by atoms with Crippen LogP contribution in [0.1, 0.15) is 39.7 Å². The predicted molar refractivity (Wildman–Crippen MR) is 124 cm³/mol. The average Bonchev–Trinajstić information content (AvgIpc) is 3.35. The zero-order chi connectivity index (χ0) is 21.1. The van der Waals surface area contributed by atoms with Crippen molar-refractivity contribution in [3.05, 3.63) is 64.3 Å². The summed E-state index contributed by atoms with van der Waals surface area (Å²) in [4.78, 5) is 13.7. The van der Waals surface area contributed by atoms with Gasteiger partial charge in [0, 0.05) is 23.0 Å². The Bertz CT molecular complexity index is 1040. The van der Waals surface area contributed by atoms with Crippen LogP contribution in [-0.2, 0) is 24.1 Å². The van der Waals surface area contributed by atoms with Crippen molar-refractivity contribution in [3.8, 4) is 0 Å². The van der Waals surface area contributed by atoms with Gasteiger partial charge in [0.2, 0.25) is 0 Å². The Morgan fingerprint density at radius 3 is 2.83 bits per heavy atom. The summed E-state index contributed by atoms with van der Waals surface area (Å²) >= 11 is 7.11. The first-order chi connectivity index (χ1) is 14.5. The zero-order valence-electron chi connectivity index (χ0n) is 17.0. The topological polar surface area (TPSA) is 68.2 Å². The molecule has 0 amide bonds. The van der Waals surface area contributed by atoms with Crippen molar-refractivity contribution >= 4 is 45.3 Å². The number of hydrogen-bond donors (Lipinski definition) is 2. The quantitative estimate of drug-likeness (QED) is 0.442. The maximum Gasteiger partial charge on any atom is 0.341 e. The molecular formula is C22H24N4O2S2. The Hall–Kier alpha value is -2.71. The maximum absolute atomic E-state index is 12.4. The highest BCUT2D eigenvalue weighted by Crippen LogP contribution is 2.40. The molecule has 1 aliphatic carbocycles. The number of thiophene rings is 1. The first kappa shape index (κ1) is 20.6. The zero-order valence-corrected chi connectivity index (χ0v) is 18.6. The third kappa shape index (κ3) is 4.55. The number of aromatic nitrogens is 2. The molecule has 4 rings (SSSR count). The normalized spacial score (nSPS) is 15.3. The van der Waals surface area contributed by atoms with Gasteiger partial charge >= 0.3 is 5.97 Å². The summed E-state index contributed by atoms with van der Waals surface area (Å²) in [5, 5.41) is 11.9. The molecule has 0 fully saturated rings. The number of esters is 1. The van der Waals surface area contributed by atoms with E-state index in [2.05, 4.69) is 22.7 Å². The van der Waals surface area contributed by atoms with Crippen LogP contribution in [0.5, 0.6) is 0 Å². The number of carbonyl (C=O) groups is 1. The number of carbonyl (C=O) groups excluding carboxylic acids is 1. The fourth-order valence-electron chi connectivity index (χ4n) is 3.70. The molecule has 2 heterocycles. The van der Waals surface area contributed by atoms with Crippen LogP contribution in [0.15, 0.2) is 42.7 Å². The lowest BCUT2D eigenvalue weighted by atomic mass is 9.88. The third-order valence-corrected chi connectivity index (χ3v) is 6.62. The Morgan fingerprint density at radius 2 is 2.13 bits per heavy atom. The van der Waals surface area contributed by atoms with Gasteiger partial charge in [-0.15, -0.1) is 11.3 Å². The number of thiocarbonyl (C=S) groups is 1. The number of nitrogens with one attached hydrogen (secondary N) is 2. The van der Waals surface area contributed by atoms with Crippen LogP contribution < -0.4 is 10.6 Å². The molecule has 8 heteroatoms. The van der Waals surface area contributed by atoms with E-state index in [4.69, 9.17) is 17.0 Å². The first-order valence-corrected chi connectivity index (χ1v) is 11.1. The van der Waals surface area contributed by atoms with Crippen LogP contribution >= 0.6 is 23.6 Å². The van der Waals surface area contributed by atoms with Gasteiger partial charge < -0.3 is 15.4 Å². The van der Waals surface area contributed by atoms with Crippen LogP contribution in [0, 0.1) is 5.92 Å². The summed E-state index contributed by atoms with van der Waals surface area (Å²) in [6, 6.07) is 9.95. The van der Waals surface area contributed by atoms with Crippen molar-refractivity contribution < 1.29 is 9.53 Å². The minimum atomic E-state index is -0.310. The summed E-state index contributed by atoms with van der Waals surface area (Å²) in [5.41, 5.74) is 3.77. The van der Waals surface area contributed by atoms with Gasteiger partial charge in [0.1, 0.15) is 5.00 Å². The van der Waals surface area contributed by atoms with Crippen molar-refractivity contribution in [3.63, 3.8) is 0 Å². The van der Waals surface area contributed by atoms with E-state index in [1.807, 2.05) is 41.2 Å². The summed E-state index contributed by atoms with van der Waals surface area (Å²) in [6.45, 7) is 2.97. The van der Waals surface area contributed by atoms with Crippen LogP contribution in [0.25, 0.3) is 0 Å². The SMILES string of the molecule is COC(=O)c1c(NC(=S)Nc2ccc(Cn3cccn3)cc2)sc2c1CCC(C)C2. The molecule has 30 heavy (non-hydrogen) atoms. The summed E-state index contributed by atoms with van der Waals surface area (Å²) in [7, 11) is 1.42. The van der Waals surface area contributed by atoms with E-state index in [1.54, 1.807) is 17.5 Å². The largest absolute Gasteiger partial charge is 0.465 e. The first-order valence-electron chi connectivity index (χ1n) is 9.90. The highest BCUT2D eigenvalue weighted by atomic mass is 32.1. The maximum atomic E-state index is 12.4. The fourth-order valence-corrected chi connectivity index (χ4v) is 5.38. The van der Waals surface area contributed by atoms with Crippen molar-refractivity contribution in [2.24, 2.45) is 5.92 Å². The number of benzene rings is 1. The Labute approximate surface area is 185 Å². The average molecular weight is 441 g/mol. The fraction of sp³-hybridized carbons (Fsp3) is 0.318. The highest BCUT2D eigenvalue weighted by molar-refractivity contribution is 7.80. The second-order valence-electron chi connectivity index (χ2n) is 7.53. The predicted octanol–water partition coefficient (Wildman–Crippen LogP) is 4.71. The second-order valence-corrected chi connectivity index (χ2v) is 9.04. The van der Waals surface area contributed by atoms with Crippen molar-refractivity contribution in [2.45, 2.75) is 32.7 Å². The van der Waals surface area contributed by atoms with Crippen LogP contribution in [0.4, 0.5) is 10.7 Å². The lowest BCUT2D eigenvalue weighted by molar-refractivity contribution is 0.0601. The molecule has 0 aliphatic heterocycles. The van der Waals surface area contributed by atoms with E-state index < -0.39 is 0 Å². The monoisotopic (exact) mass is 440 g/mol. The second kappa shape index (κ2) is 8.97. The molecule has 1 unspecified atom stereocenters. The van der Waals surface area contributed by atoms with Crippen molar-refractivity contribution in [2.75, 3.05) is 17.7 Å². The molecule has 0 radical (unpaired) electrons. The molecule has 1 atom stereocenters. The van der Waals surface area contributed by atoms with E-state index in [-0.39, 0.29) is 5.97 Å². The lowest BCUT2D eigenvalue weighted by Crippen LogP contribution is -2.20. The van der Waals surface area contributed by atoms with Gasteiger partial charge in [-0.3, -0.25) is 4.68 Å². The number of methoxy groups -OCH3 is 1. The third-order valence-electron chi connectivity index (χ3n) is 5.24. The molecule has 3 aromatic rings. The van der Waals surface area contributed by atoms with Crippen LogP contribution in [-0.4, -0.2) is 28.0 Å². The highest BCUT2D eigenvalue weighted by Gasteiger charge is 2.28. The van der Waals surface area contributed by atoms with E-state index in [0.29, 0.717) is 16.6 Å². The molecule has 156 valence electrons. The van der Waals surface area contributed by atoms with E-state index in [9.17, 15) is 4.79 Å². The van der Waals surface area contributed by atoms with E-state index >= 15 is 0 Å². The number of fused-ring (bicyclic) bond motifs is 1. The molecule has 6 nitrogen and oxygen atoms in total. The Balaban J connectivity index is 1.45. The number of ether oxygens (including phenoxy) is 1. The molecule has 1 aliphatic rings. The summed E-state index contributed by atoms with van der Waals surface area (Å²) in [5.74, 6) is 0.315. The minimum Gasteiger partial charge on any atom is -0.465 e. The number of rotatable bonds is 5. The number of hydrogen-bond acceptors (Lipinski definition) is 5. The van der Waals surface area contributed by atoms with Crippen molar-refractivity contribution in [1.82, 2.24) is 9.78 Å². The summed E-state index contributed by atoms with van der Waals surface area (Å²) < 4.78 is 6.92. The van der Waals surface area contributed by atoms with Gasteiger partial charge in [-0.1, -0.05) is 19.1 Å². The molecule has 2 N–H and O–H groups in total. The molecular weight excluding hydrogens is 416 g/mol. The van der Waals surface area contributed by atoms with E-state index in [0.717, 1.165) is 47.6 Å². The summed E-state index contributed by atoms with van der Waals surface area (Å²) in [6.07, 6.45) is 6.68. The molecule has 2 aromatic heterocycles. The van der Waals surface area contributed by atoms with Gasteiger partial charge in [0.05, 0.1) is 19.2 Å². The molecule has 0 spiro atoms. The van der Waals surface area contributed by atoms with Gasteiger partial charge in [0.15, 0.2) is 5.11 Å². The Kier molecular flexibility index (Phi) is 6.15. The van der Waals surface area contributed by atoms with Gasteiger partial charge in [-0.05, 0) is 66.7 Å². The Morgan fingerprint density at radius 1 is 1.33 bits per heavy atom. The minimum absolute atomic E-state index is 0.310. The van der Waals surface area contributed by atoms with E-state index in [1.165, 1.54) is 12.0 Å². The smallest absolute Gasteiger partial charge is 0.341 e. The molecule has 0 bridgehead atoms. The lowest BCUT2D eigenvalue weighted by Gasteiger charge is -2.18. The van der Waals surface area contributed by atoms with Crippen molar-refractivity contribution in [1.29, 1.82) is 0 Å². The van der Waals surface area contributed by atoms with Crippen LogP contribution in [0.3, 0.4) is 0 Å². The molecule has 0 saturated heterocycles. The van der Waals surface area contributed by atoms with Gasteiger partial charge in [-0.2, -0.15) is 5.10 Å². The molecule has 1 aromatic carbocycles. The molecule has 0 saturated carbocycles. The van der Waals surface area contributed by atoms with Gasteiger partial charge in [0.25, 0.3) is 0 Å².